The van der Waals surface area contributed by atoms with Gasteiger partial charge in [0.1, 0.15) is 0 Å². The molecule has 1 atom stereocenters. The third-order valence-electron chi connectivity index (χ3n) is 5.09. The highest BCUT2D eigenvalue weighted by atomic mass is 32.2. The van der Waals surface area contributed by atoms with E-state index in [0.29, 0.717) is 18.2 Å². The van der Waals surface area contributed by atoms with Crippen LogP contribution in [0.15, 0.2) is 90.1 Å². The van der Waals surface area contributed by atoms with Crippen LogP contribution in [0.1, 0.15) is 23.6 Å². The van der Waals surface area contributed by atoms with Crippen LogP contribution in [-0.4, -0.2) is 36.3 Å². The number of hydrogen-bond acceptors (Lipinski definition) is 5. The number of aromatic nitrogens is 4. The third-order valence-corrected chi connectivity index (χ3v) is 6.11. The van der Waals surface area contributed by atoms with Crippen molar-refractivity contribution in [2.24, 2.45) is 0 Å². The predicted molar refractivity (Wildman–Crippen MR) is 126 cm³/mol. The van der Waals surface area contributed by atoms with E-state index in [9.17, 15) is 4.79 Å². The molecular formula is C25H25N5OS. The molecule has 162 valence electrons. The Labute approximate surface area is 192 Å². The minimum Gasteiger partial charge on any atom is -0.333 e. The minimum atomic E-state index is -0.349. The van der Waals surface area contributed by atoms with Crippen molar-refractivity contribution < 1.29 is 4.79 Å². The lowest BCUT2D eigenvalue weighted by Gasteiger charge is -2.26. The second-order valence-corrected chi connectivity index (χ2v) is 8.94. The molecule has 1 amide bonds. The summed E-state index contributed by atoms with van der Waals surface area (Å²) in [4.78, 5) is 15.4. The molecule has 0 radical (unpaired) electrons. The molecule has 0 fully saturated rings. The SMILES string of the molecule is Cc1ccc(-n2nnnc2SC(C)C(=O)N(Cc2ccccc2)Cc2ccccc2)cc1. The average molecular weight is 444 g/mol. The van der Waals surface area contributed by atoms with Crippen molar-refractivity contribution in [1.82, 2.24) is 25.1 Å². The Hall–Kier alpha value is -3.45. The van der Waals surface area contributed by atoms with Gasteiger partial charge in [-0.15, -0.1) is 5.10 Å². The third kappa shape index (κ3) is 5.42. The van der Waals surface area contributed by atoms with Crippen molar-refractivity contribution in [3.05, 3.63) is 102 Å². The number of aryl methyl sites for hydroxylation is 1. The van der Waals surface area contributed by atoms with Crippen LogP contribution in [0.5, 0.6) is 0 Å². The lowest BCUT2D eigenvalue weighted by atomic mass is 10.1. The standard InChI is InChI=1S/C25H25N5OS/c1-19-13-15-23(16-14-19)30-25(26-27-28-30)32-20(2)24(31)29(17-21-9-5-3-6-10-21)18-22-11-7-4-8-12-22/h3-16,20H,17-18H2,1-2H3. The summed E-state index contributed by atoms with van der Waals surface area (Å²) in [7, 11) is 0. The molecule has 3 aromatic carbocycles. The number of thioether (sulfide) groups is 1. The zero-order valence-corrected chi connectivity index (χ0v) is 18.9. The maximum atomic E-state index is 13.5. The highest BCUT2D eigenvalue weighted by Gasteiger charge is 2.24. The molecular weight excluding hydrogens is 418 g/mol. The Bertz CT molecular complexity index is 1100. The van der Waals surface area contributed by atoms with E-state index >= 15 is 0 Å². The van der Waals surface area contributed by atoms with Gasteiger partial charge in [-0.2, -0.15) is 4.68 Å². The zero-order chi connectivity index (χ0) is 22.3. The van der Waals surface area contributed by atoms with E-state index in [-0.39, 0.29) is 11.2 Å². The highest BCUT2D eigenvalue weighted by Crippen LogP contribution is 2.25. The average Bonchev–Trinajstić information content (AvgIpc) is 3.28. The van der Waals surface area contributed by atoms with Gasteiger partial charge in [0.05, 0.1) is 10.9 Å². The van der Waals surface area contributed by atoms with Gasteiger partial charge in [-0.3, -0.25) is 4.79 Å². The Morgan fingerprint density at radius 3 is 2.03 bits per heavy atom. The van der Waals surface area contributed by atoms with Gasteiger partial charge in [0.2, 0.25) is 11.1 Å². The Kier molecular flexibility index (Phi) is 6.97. The van der Waals surface area contributed by atoms with Crippen molar-refractivity contribution in [2.45, 2.75) is 37.3 Å². The van der Waals surface area contributed by atoms with Crippen LogP contribution < -0.4 is 0 Å². The van der Waals surface area contributed by atoms with Crippen LogP contribution >= 0.6 is 11.8 Å². The lowest BCUT2D eigenvalue weighted by Crippen LogP contribution is -2.35. The predicted octanol–water partition coefficient (Wildman–Crippen LogP) is 4.68. The molecule has 4 aromatic rings. The smallest absolute Gasteiger partial charge is 0.236 e. The number of amides is 1. The van der Waals surface area contributed by atoms with Gasteiger partial charge < -0.3 is 4.90 Å². The summed E-state index contributed by atoms with van der Waals surface area (Å²) in [5.74, 6) is 0.0427. The van der Waals surface area contributed by atoms with Gasteiger partial charge in [-0.1, -0.05) is 90.1 Å². The number of rotatable bonds is 8. The van der Waals surface area contributed by atoms with E-state index < -0.39 is 0 Å². The summed E-state index contributed by atoms with van der Waals surface area (Å²) < 4.78 is 1.67. The first-order chi connectivity index (χ1) is 15.6. The first-order valence-corrected chi connectivity index (χ1v) is 11.4. The molecule has 0 bridgehead atoms. The molecule has 1 aromatic heterocycles. The number of benzene rings is 3. The number of tetrazole rings is 1. The molecule has 1 unspecified atom stereocenters. The van der Waals surface area contributed by atoms with E-state index in [2.05, 4.69) is 15.5 Å². The fourth-order valence-electron chi connectivity index (χ4n) is 3.39. The monoisotopic (exact) mass is 443 g/mol. The van der Waals surface area contributed by atoms with Gasteiger partial charge in [0.15, 0.2) is 0 Å². The normalized spacial score (nSPS) is 11.8. The number of carbonyl (C=O) groups excluding carboxylic acids is 1. The minimum absolute atomic E-state index is 0.0427. The topological polar surface area (TPSA) is 63.9 Å². The van der Waals surface area contributed by atoms with Crippen LogP contribution in [0.25, 0.3) is 5.69 Å². The quantitative estimate of drug-likeness (QED) is 0.370. The molecule has 32 heavy (non-hydrogen) atoms. The van der Waals surface area contributed by atoms with Crippen molar-refractivity contribution in [1.29, 1.82) is 0 Å². The molecule has 0 saturated carbocycles. The van der Waals surface area contributed by atoms with Gasteiger partial charge in [-0.05, 0) is 47.5 Å². The van der Waals surface area contributed by atoms with Crippen LogP contribution in [0, 0.1) is 6.92 Å². The molecule has 0 aliphatic carbocycles. The lowest BCUT2D eigenvalue weighted by molar-refractivity contribution is -0.131. The Morgan fingerprint density at radius 2 is 1.47 bits per heavy atom. The summed E-state index contributed by atoms with van der Waals surface area (Å²) >= 11 is 1.37. The highest BCUT2D eigenvalue weighted by molar-refractivity contribution is 8.00. The van der Waals surface area contributed by atoms with E-state index in [1.165, 1.54) is 11.8 Å². The van der Waals surface area contributed by atoms with E-state index in [1.807, 2.05) is 104 Å². The van der Waals surface area contributed by atoms with Gasteiger partial charge in [0, 0.05) is 13.1 Å². The molecule has 4 rings (SSSR count). The summed E-state index contributed by atoms with van der Waals surface area (Å²) in [6, 6.07) is 28.1. The number of carbonyl (C=O) groups is 1. The molecule has 1 heterocycles. The number of nitrogens with zero attached hydrogens (tertiary/aromatic N) is 5. The summed E-state index contributed by atoms with van der Waals surface area (Å²) in [6.07, 6.45) is 0. The van der Waals surface area contributed by atoms with Crippen molar-refractivity contribution >= 4 is 17.7 Å². The number of hydrogen-bond donors (Lipinski definition) is 0. The first-order valence-electron chi connectivity index (χ1n) is 10.5. The Balaban J connectivity index is 1.53. The summed E-state index contributed by atoms with van der Waals surface area (Å²) in [5.41, 5.74) is 4.22. The summed E-state index contributed by atoms with van der Waals surface area (Å²) in [6.45, 7) is 5.03. The molecule has 0 aliphatic heterocycles. The van der Waals surface area contributed by atoms with Gasteiger partial charge in [0.25, 0.3) is 0 Å². The van der Waals surface area contributed by atoms with Crippen LogP contribution in [0.4, 0.5) is 0 Å². The second kappa shape index (κ2) is 10.2. The largest absolute Gasteiger partial charge is 0.333 e. The van der Waals surface area contributed by atoms with Crippen LogP contribution in [0.2, 0.25) is 0 Å². The van der Waals surface area contributed by atoms with Gasteiger partial charge >= 0.3 is 0 Å². The van der Waals surface area contributed by atoms with E-state index in [4.69, 9.17) is 0 Å². The van der Waals surface area contributed by atoms with Crippen LogP contribution in [-0.2, 0) is 17.9 Å². The molecule has 0 N–H and O–H groups in total. The molecule has 0 aliphatic rings. The van der Waals surface area contributed by atoms with Crippen molar-refractivity contribution in [2.75, 3.05) is 0 Å². The molecule has 0 spiro atoms. The molecule has 0 saturated heterocycles. The molecule has 7 heteroatoms. The fourth-order valence-corrected chi connectivity index (χ4v) is 4.28. The first kappa shape index (κ1) is 21.8. The van der Waals surface area contributed by atoms with Gasteiger partial charge in [-0.25, -0.2) is 0 Å². The fraction of sp³-hybridized carbons (Fsp3) is 0.200. The summed E-state index contributed by atoms with van der Waals surface area (Å²) in [5, 5.41) is 12.4. The zero-order valence-electron chi connectivity index (χ0n) is 18.1. The van der Waals surface area contributed by atoms with Crippen molar-refractivity contribution in [3.63, 3.8) is 0 Å². The molecule has 6 nitrogen and oxygen atoms in total. The Morgan fingerprint density at radius 1 is 0.906 bits per heavy atom. The van der Waals surface area contributed by atoms with E-state index in [1.54, 1.807) is 4.68 Å². The van der Waals surface area contributed by atoms with Crippen LogP contribution in [0.3, 0.4) is 0 Å². The second-order valence-electron chi connectivity index (χ2n) is 7.63. The van der Waals surface area contributed by atoms with Crippen molar-refractivity contribution in [3.8, 4) is 5.69 Å². The maximum Gasteiger partial charge on any atom is 0.236 e. The van der Waals surface area contributed by atoms with E-state index in [0.717, 1.165) is 22.4 Å². The maximum absolute atomic E-state index is 13.5.